The van der Waals surface area contributed by atoms with Crippen LogP contribution in [0, 0.1) is 5.92 Å². The number of Topliss-reactive ketones (excluding diaryl/α,β-unsaturated/α-hetero) is 1. The zero-order valence-electron chi connectivity index (χ0n) is 21.4. The molecule has 1 atom stereocenters. The van der Waals surface area contributed by atoms with Crippen molar-refractivity contribution in [2.75, 3.05) is 24.6 Å². The molecule has 3 aromatic carbocycles. The first-order valence-electron chi connectivity index (χ1n) is 13.1. The molecule has 5 rings (SSSR count). The maximum absolute atomic E-state index is 13.3. The van der Waals surface area contributed by atoms with E-state index in [4.69, 9.17) is 16.3 Å². The molecule has 2 aliphatic rings. The molecule has 2 heterocycles. The average Bonchev–Trinajstić information content (AvgIpc) is 3.26. The number of carbonyl (C=O) groups is 4. The second-order valence-corrected chi connectivity index (χ2v) is 10.4. The predicted octanol–water partition coefficient (Wildman–Crippen LogP) is 4.97. The van der Waals surface area contributed by atoms with Gasteiger partial charge in [0.15, 0.2) is 12.4 Å². The van der Waals surface area contributed by atoms with Gasteiger partial charge in [0.1, 0.15) is 0 Å². The van der Waals surface area contributed by atoms with Gasteiger partial charge in [-0.2, -0.15) is 0 Å². The van der Waals surface area contributed by atoms with Gasteiger partial charge in [-0.25, -0.2) is 9.69 Å². The fourth-order valence-electron chi connectivity index (χ4n) is 5.27. The van der Waals surface area contributed by atoms with Crippen LogP contribution in [0.3, 0.4) is 0 Å². The molecule has 2 aliphatic heterocycles. The number of likely N-dealkylation sites (tertiary alicyclic amines) is 1. The van der Waals surface area contributed by atoms with Crippen LogP contribution < -0.4 is 4.90 Å². The molecule has 39 heavy (non-hydrogen) atoms. The molecule has 2 saturated heterocycles. The standard InChI is InChI=1S/C31H29ClN2O5/c32-25-10-6-23(7-11-25)28(35)20-39-31(38)24-8-12-26(13-9-24)34-29(36)19-27(30(34)37)33-16-14-22(15-17-33)18-21-4-2-1-3-5-21/h1-13,22,27H,14-20H2. The van der Waals surface area contributed by atoms with E-state index in [-0.39, 0.29) is 29.6 Å². The van der Waals surface area contributed by atoms with Crippen molar-refractivity contribution >= 4 is 40.9 Å². The number of imide groups is 1. The van der Waals surface area contributed by atoms with Crippen molar-refractivity contribution in [3.63, 3.8) is 0 Å². The molecule has 0 aromatic heterocycles. The van der Waals surface area contributed by atoms with Crippen molar-refractivity contribution in [3.8, 4) is 0 Å². The third kappa shape index (κ3) is 6.27. The van der Waals surface area contributed by atoms with Crippen LogP contribution in [0.1, 0.15) is 45.5 Å². The number of piperidine rings is 1. The molecule has 3 aromatic rings. The first-order valence-corrected chi connectivity index (χ1v) is 13.5. The lowest BCUT2D eigenvalue weighted by Gasteiger charge is -2.34. The van der Waals surface area contributed by atoms with E-state index in [0.29, 0.717) is 22.2 Å². The fourth-order valence-corrected chi connectivity index (χ4v) is 5.39. The van der Waals surface area contributed by atoms with Gasteiger partial charge in [0.2, 0.25) is 5.91 Å². The van der Waals surface area contributed by atoms with Gasteiger partial charge in [0.25, 0.3) is 5.91 Å². The monoisotopic (exact) mass is 544 g/mol. The molecule has 0 N–H and O–H groups in total. The summed E-state index contributed by atoms with van der Waals surface area (Å²) in [5.41, 5.74) is 2.36. The van der Waals surface area contributed by atoms with E-state index in [1.165, 1.54) is 22.6 Å². The Hall–Kier alpha value is -3.81. The first-order chi connectivity index (χ1) is 18.9. The molecular formula is C31H29ClN2O5. The highest BCUT2D eigenvalue weighted by atomic mass is 35.5. The summed E-state index contributed by atoms with van der Waals surface area (Å²) in [5, 5.41) is 0.508. The third-order valence-corrected chi connectivity index (χ3v) is 7.69. The highest BCUT2D eigenvalue weighted by Crippen LogP contribution is 2.30. The summed E-state index contributed by atoms with van der Waals surface area (Å²) in [6.45, 7) is 1.16. The van der Waals surface area contributed by atoms with Gasteiger partial charge >= 0.3 is 5.97 Å². The second kappa shape index (κ2) is 11.9. The maximum Gasteiger partial charge on any atom is 0.338 e. The number of esters is 1. The van der Waals surface area contributed by atoms with E-state index >= 15 is 0 Å². The molecule has 0 radical (unpaired) electrons. The van der Waals surface area contributed by atoms with E-state index in [9.17, 15) is 19.2 Å². The highest BCUT2D eigenvalue weighted by Gasteiger charge is 2.43. The van der Waals surface area contributed by atoms with Crippen LogP contribution in [0.15, 0.2) is 78.9 Å². The smallest absolute Gasteiger partial charge is 0.338 e. The summed E-state index contributed by atoms with van der Waals surface area (Å²) < 4.78 is 5.15. The molecule has 2 amide bonds. The Morgan fingerprint density at radius 2 is 1.49 bits per heavy atom. The number of benzene rings is 3. The van der Waals surface area contributed by atoms with E-state index in [0.717, 1.165) is 32.4 Å². The Kier molecular flexibility index (Phi) is 8.19. The number of halogens is 1. The second-order valence-electron chi connectivity index (χ2n) is 10.0. The molecule has 0 bridgehead atoms. The summed E-state index contributed by atoms with van der Waals surface area (Å²) >= 11 is 5.83. The summed E-state index contributed by atoms with van der Waals surface area (Å²) in [5.74, 6) is -0.925. The summed E-state index contributed by atoms with van der Waals surface area (Å²) in [7, 11) is 0. The first kappa shape index (κ1) is 26.8. The van der Waals surface area contributed by atoms with Gasteiger partial charge in [-0.15, -0.1) is 0 Å². The van der Waals surface area contributed by atoms with Crippen LogP contribution >= 0.6 is 11.6 Å². The number of carbonyl (C=O) groups excluding carboxylic acids is 4. The maximum atomic E-state index is 13.3. The SMILES string of the molecule is O=C(COC(=O)c1ccc(N2C(=O)CC(N3CCC(Cc4ccccc4)CC3)C2=O)cc1)c1ccc(Cl)cc1. The van der Waals surface area contributed by atoms with E-state index in [2.05, 4.69) is 29.2 Å². The third-order valence-electron chi connectivity index (χ3n) is 7.44. The van der Waals surface area contributed by atoms with Gasteiger partial charge in [-0.05, 0) is 92.4 Å². The van der Waals surface area contributed by atoms with Crippen LogP contribution in [0.25, 0.3) is 0 Å². The normalized spacial score (nSPS) is 18.4. The summed E-state index contributed by atoms with van der Waals surface area (Å²) in [6.07, 6.45) is 3.16. The van der Waals surface area contributed by atoms with Gasteiger partial charge in [0, 0.05) is 10.6 Å². The molecule has 0 saturated carbocycles. The largest absolute Gasteiger partial charge is 0.454 e. The summed E-state index contributed by atoms with van der Waals surface area (Å²) in [6, 6.07) is 22.4. The van der Waals surface area contributed by atoms with Crippen molar-refractivity contribution in [1.82, 2.24) is 4.90 Å². The molecular weight excluding hydrogens is 516 g/mol. The van der Waals surface area contributed by atoms with Crippen molar-refractivity contribution in [3.05, 3.63) is 101 Å². The number of anilines is 1. The highest BCUT2D eigenvalue weighted by molar-refractivity contribution is 6.30. The quantitative estimate of drug-likeness (QED) is 0.226. The van der Waals surface area contributed by atoms with Crippen molar-refractivity contribution in [2.24, 2.45) is 5.92 Å². The van der Waals surface area contributed by atoms with Crippen LogP contribution in [0.4, 0.5) is 5.69 Å². The number of hydrogen-bond donors (Lipinski definition) is 0. The number of ketones is 1. The molecule has 0 aliphatic carbocycles. The van der Waals surface area contributed by atoms with E-state index in [1.807, 2.05) is 6.07 Å². The Balaban J connectivity index is 1.15. The van der Waals surface area contributed by atoms with Gasteiger partial charge < -0.3 is 4.74 Å². The van der Waals surface area contributed by atoms with Crippen LogP contribution in [-0.4, -0.2) is 54.2 Å². The lowest BCUT2D eigenvalue weighted by atomic mass is 9.89. The number of nitrogens with zero attached hydrogens (tertiary/aromatic N) is 2. The average molecular weight is 545 g/mol. The molecule has 200 valence electrons. The molecule has 1 unspecified atom stereocenters. The minimum atomic E-state index is -0.667. The number of amides is 2. The van der Waals surface area contributed by atoms with Crippen LogP contribution in [-0.2, 0) is 20.7 Å². The topological polar surface area (TPSA) is 84.0 Å². The number of hydrogen-bond acceptors (Lipinski definition) is 6. The minimum Gasteiger partial charge on any atom is -0.454 e. The molecule has 7 nitrogen and oxygen atoms in total. The van der Waals surface area contributed by atoms with Crippen LogP contribution in [0.5, 0.6) is 0 Å². The van der Waals surface area contributed by atoms with Gasteiger partial charge in [0.05, 0.1) is 23.7 Å². The lowest BCUT2D eigenvalue weighted by molar-refractivity contribution is -0.123. The fraction of sp³-hybridized carbons (Fsp3) is 0.290. The van der Waals surface area contributed by atoms with Crippen molar-refractivity contribution < 1.29 is 23.9 Å². The predicted molar refractivity (Wildman–Crippen MR) is 148 cm³/mol. The zero-order valence-corrected chi connectivity index (χ0v) is 22.2. The van der Waals surface area contributed by atoms with Gasteiger partial charge in [-0.1, -0.05) is 41.9 Å². The van der Waals surface area contributed by atoms with Gasteiger partial charge in [-0.3, -0.25) is 19.3 Å². The Morgan fingerprint density at radius 1 is 0.846 bits per heavy atom. The zero-order chi connectivity index (χ0) is 27.4. The molecule has 8 heteroatoms. The Bertz CT molecular complexity index is 1350. The lowest BCUT2D eigenvalue weighted by Crippen LogP contribution is -2.46. The molecule has 2 fully saturated rings. The summed E-state index contributed by atoms with van der Waals surface area (Å²) in [4.78, 5) is 54.1. The van der Waals surface area contributed by atoms with Crippen molar-refractivity contribution in [2.45, 2.75) is 31.7 Å². The Morgan fingerprint density at radius 3 is 2.15 bits per heavy atom. The molecule has 0 spiro atoms. The number of ether oxygens (including phenoxy) is 1. The van der Waals surface area contributed by atoms with Crippen LogP contribution in [0.2, 0.25) is 5.02 Å². The Labute approximate surface area is 232 Å². The minimum absolute atomic E-state index is 0.152. The number of rotatable bonds is 8. The van der Waals surface area contributed by atoms with E-state index in [1.54, 1.807) is 36.4 Å². The van der Waals surface area contributed by atoms with E-state index < -0.39 is 18.6 Å². The van der Waals surface area contributed by atoms with Crippen molar-refractivity contribution in [1.29, 1.82) is 0 Å².